The van der Waals surface area contributed by atoms with Crippen LogP contribution in [0, 0.1) is 6.92 Å². The highest BCUT2D eigenvalue weighted by molar-refractivity contribution is 6.08. The van der Waals surface area contributed by atoms with Gasteiger partial charge in [0.05, 0.1) is 5.69 Å². The molecule has 2 aliphatic rings. The lowest BCUT2D eigenvalue weighted by molar-refractivity contribution is -0.139. The molecule has 0 spiro atoms. The quantitative estimate of drug-likeness (QED) is 0.741. The summed E-state index contributed by atoms with van der Waals surface area (Å²) in [5.74, 6) is -0.547. The molecule has 2 aliphatic heterocycles. The van der Waals surface area contributed by atoms with E-state index in [4.69, 9.17) is 0 Å². The summed E-state index contributed by atoms with van der Waals surface area (Å²) in [6, 6.07) is -0.500. The maximum absolute atomic E-state index is 12.5. The Balaban J connectivity index is 1.51. The molecule has 3 rings (SSSR count). The Morgan fingerprint density at radius 1 is 1.22 bits per heavy atom. The molecule has 2 saturated heterocycles. The van der Waals surface area contributed by atoms with Gasteiger partial charge in [-0.15, -0.1) is 0 Å². The lowest BCUT2D eigenvalue weighted by Crippen LogP contribution is -2.51. The molecule has 9 heteroatoms. The third-order valence-electron chi connectivity index (χ3n) is 5.23. The van der Waals surface area contributed by atoms with Gasteiger partial charge < -0.3 is 10.2 Å². The van der Waals surface area contributed by atoms with E-state index in [0.717, 1.165) is 36.8 Å². The Morgan fingerprint density at radius 2 is 1.89 bits per heavy atom. The van der Waals surface area contributed by atoms with Gasteiger partial charge in [-0.05, 0) is 27.7 Å². The Kier molecular flexibility index (Phi) is 5.23. The molecule has 1 aromatic heterocycles. The molecule has 0 aromatic carbocycles. The van der Waals surface area contributed by atoms with E-state index < -0.39 is 11.6 Å². The van der Waals surface area contributed by atoms with Gasteiger partial charge in [-0.25, -0.2) is 4.79 Å². The lowest BCUT2D eigenvalue weighted by atomic mass is 10.1. The van der Waals surface area contributed by atoms with Crippen molar-refractivity contribution in [1.29, 1.82) is 0 Å². The first kappa shape index (κ1) is 19.3. The maximum Gasteiger partial charge on any atom is 0.325 e. The zero-order valence-corrected chi connectivity index (χ0v) is 16.5. The van der Waals surface area contributed by atoms with Crippen LogP contribution in [0.2, 0.25) is 0 Å². The topological polar surface area (TPSA) is 90.8 Å². The van der Waals surface area contributed by atoms with Crippen LogP contribution < -0.4 is 5.32 Å². The van der Waals surface area contributed by atoms with Crippen LogP contribution in [-0.2, 0) is 22.7 Å². The minimum atomic E-state index is -0.948. The van der Waals surface area contributed by atoms with Crippen LogP contribution in [0.4, 0.5) is 4.79 Å². The van der Waals surface area contributed by atoms with Crippen LogP contribution in [0.15, 0.2) is 6.20 Å². The van der Waals surface area contributed by atoms with Gasteiger partial charge in [0.1, 0.15) is 12.1 Å². The summed E-state index contributed by atoms with van der Waals surface area (Å²) in [6.45, 7) is 11.5. The highest BCUT2D eigenvalue weighted by Crippen LogP contribution is 2.17. The zero-order chi connectivity index (χ0) is 19.8. The number of imide groups is 1. The molecule has 0 unspecified atom stereocenters. The molecule has 0 radical (unpaired) electrons. The monoisotopic (exact) mass is 376 g/mol. The Labute approximate surface area is 159 Å². The molecule has 1 N–H and O–H groups in total. The summed E-state index contributed by atoms with van der Waals surface area (Å²) in [6.07, 6.45) is 2.08. The molecule has 1 aromatic rings. The van der Waals surface area contributed by atoms with Crippen molar-refractivity contribution in [2.75, 3.05) is 32.7 Å². The summed E-state index contributed by atoms with van der Waals surface area (Å²) >= 11 is 0. The number of hydrogen-bond donors (Lipinski definition) is 1. The summed E-state index contributed by atoms with van der Waals surface area (Å²) in [7, 11) is 0. The predicted octanol–water partition coefficient (Wildman–Crippen LogP) is 0.186. The number of nitrogens with zero attached hydrogens (tertiary/aromatic N) is 5. The van der Waals surface area contributed by atoms with E-state index in [-0.39, 0.29) is 18.4 Å². The van der Waals surface area contributed by atoms with Gasteiger partial charge >= 0.3 is 6.03 Å². The summed E-state index contributed by atoms with van der Waals surface area (Å²) in [5, 5.41) is 7.07. The SMILES string of the molecule is CCn1cc(CN2CCN(C(=O)CN3C(=O)NC(C)(C)C3=O)CC2)c(C)n1. The van der Waals surface area contributed by atoms with Crippen molar-refractivity contribution < 1.29 is 14.4 Å². The Morgan fingerprint density at radius 3 is 2.41 bits per heavy atom. The molecule has 148 valence electrons. The number of hydrogen-bond acceptors (Lipinski definition) is 5. The molecule has 0 atom stereocenters. The first-order chi connectivity index (χ1) is 12.7. The second kappa shape index (κ2) is 7.30. The highest BCUT2D eigenvalue weighted by Gasteiger charge is 2.45. The van der Waals surface area contributed by atoms with Crippen LogP contribution in [0.3, 0.4) is 0 Å². The number of piperazine rings is 1. The third-order valence-corrected chi connectivity index (χ3v) is 5.23. The largest absolute Gasteiger partial charge is 0.339 e. The van der Waals surface area contributed by atoms with Gasteiger partial charge in [0.25, 0.3) is 5.91 Å². The van der Waals surface area contributed by atoms with Crippen molar-refractivity contribution in [2.45, 2.75) is 46.3 Å². The summed E-state index contributed by atoms with van der Waals surface area (Å²) in [4.78, 5) is 41.7. The Hall–Kier alpha value is -2.42. The average Bonchev–Trinajstić information content (AvgIpc) is 3.07. The second-order valence-corrected chi connectivity index (χ2v) is 7.70. The number of carbonyl (C=O) groups excluding carboxylic acids is 3. The van der Waals surface area contributed by atoms with E-state index in [9.17, 15) is 14.4 Å². The van der Waals surface area contributed by atoms with Gasteiger partial charge in [-0.1, -0.05) is 0 Å². The minimum Gasteiger partial charge on any atom is -0.339 e. The van der Waals surface area contributed by atoms with Crippen molar-refractivity contribution in [3.8, 4) is 0 Å². The lowest BCUT2D eigenvalue weighted by Gasteiger charge is -2.35. The standard InChI is InChI=1S/C18H28N6O3/c1-5-23-11-14(13(2)20-23)10-21-6-8-22(9-7-21)15(25)12-24-16(26)18(3,4)19-17(24)27/h11H,5-10,12H2,1-4H3,(H,19,27). The number of urea groups is 1. The fourth-order valence-electron chi connectivity index (χ4n) is 3.47. The zero-order valence-electron chi connectivity index (χ0n) is 16.5. The fourth-order valence-corrected chi connectivity index (χ4v) is 3.47. The molecular weight excluding hydrogens is 348 g/mol. The molecule has 0 saturated carbocycles. The number of carbonyl (C=O) groups is 3. The third kappa shape index (κ3) is 3.97. The summed E-state index contributed by atoms with van der Waals surface area (Å²) in [5.41, 5.74) is 1.30. The van der Waals surface area contributed by atoms with E-state index in [1.165, 1.54) is 5.56 Å². The molecule has 27 heavy (non-hydrogen) atoms. The second-order valence-electron chi connectivity index (χ2n) is 7.70. The van der Waals surface area contributed by atoms with E-state index in [1.807, 2.05) is 11.6 Å². The molecule has 2 fully saturated rings. The van der Waals surface area contributed by atoms with Gasteiger partial charge in [0.2, 0.25) is 5.91 Å². The minimum absolute atomic E-state index is 0.189. The fraction of sp³-hybridized carbons (Fsp3) is 0.667. The van der Waals surface area contributed by atoms with Crippen LogP contribution in [0.1, 0.15) is 32.0 Å². The van der Waals surface area contributed by atoms with Crippen LogP contribution in [0.25, 0.3) is 0 Å². The molecular formula is C18H28N6O3. The predicted molar refractivity (Wildman–Crippen MR) is 98.8 cm³/mol. The van der Waals surface area contributed by atoms with Crippen molar-refractivity contribution >= 4 is 17.8 Å². The van der Waals surface area contributed by atoms with E-state index in [1.54, 1.807) is 18.7 Å². The van der Waals surface area contributed by atoms with Gasteiger partial charge in [0.15, 0.2) is 0 Å². The molecule has 0 aliphatic carbocycles. The molecule has 0 bridgehead atoms. The first-order valence-electron chi connectivity index (χ1n) is 9.38. The first-order valence-corrected chi connectivity index (χ1v) is 9.38. The van der Waals surface area contributed by atoms with Gasteiger partial charge in [-0.3, -0.25) is 24.1 Å². The van der Waals surface area contributed by atoms with Crippen molar-refractivity contribution in [3.05, 3.63) is 17.5 Å². The molecule has 4 amide bonds. The number of aromatic nitrogens is 2. The summed E-state index contributed by atoms with van der Waals surface area (Å²) < 4.78 is 1.93. The van der Waals surface area contributed by atoms with Gasteiger partial charge in [0, 0.05) is 51.0 Å². The molecule has 9 nitrogen and oxygen atoms in total. The maximum atomic E-state index is 12.5. The smallest absolute Gasteiger partial charge is 0.325 e. The van der Waals surface area contributed by atoms with Crippen LogP contribution >= 0.6 is 0 Å². The Bertz CT molecular complexity index is 748. The van der Waals surface area contributed by atoms with Crippen molar-refractivity contribution in [3.63, 3.8) is 0 Å². The van der Waals surface area contributed by atoms with Crippen molar-refractivity contribution in [2.24, 2.45) is 0 Å². The van der Waals surface area contributed by atoms with Gasteiger partial charge in [-0.2, -0.15) is 5.10 Å². The number of amides is 4. The normalized spacial score (nSPS) is 20.3. The number of aryl methyl sites for hydroxylation is 2. The van der Waals surface area contributed by atoms with Crippen LogP contribution in [0.5, 0.6) is 0 Å². The van der Waals surface area contributed by atoms with Crippen LogP contribution in [-0.4, -0.2) is 80.6 Å². The van der Waals surface area contributed by atoms with E-state index in [2.05, 4.69) is 28.4 Å². The van der Waals surface area contributed by atoms with E-state index in [0.29, 0.717) is 13.1 Å². The average molecular weight is 376 g/mol. The highest BCUT2D eigenvalue weighted by atomic mass is 16.2. The van der Waals surface area contributed by atoms with E-state index >= 15 is 0 Å². The number of rotatable bonds is 5. The molecule has 3 heterocycles. The number of nitrogens with one attached hydrogen (secondary N) is 1. The van der Waals surface area contributed by atoms with Crippen molar-refractivity contribution in [1.82, 2.24) is 29.8 Å².